The molecule has 2 aliphatic rings. The van der Waals surface area contributed by atoms with Crippen molar-refractivity contribution in [3.05, 3.63) is 35.3 Å². The molecule has 0 radical (unpaired) electrons. The van der Waals surface area contributed by atoms with Crippen molar-refractivity contribution in [3.63, 3.8) is 0 Å². The molecule has 5 nitrogen and oxygen atoms in total. The zero-order valence-electron chi connectivity index (χ0n) is 15.7. The van der Waals surface area contributed by atoms with Crippen LogP contribution < -0.4 is 5.32 Å². The Morgan fingerprint density at radius 2 is 2.00 bits per heavy atom. The Morgan fingerprint density at radius 1 is 1.26 bits per heavy atom. The van der Waals surface area contributed by atoms with Gasteiger partial charge in [-0.2, -0.15) is 5.10 Å². The highest BCUT2D eigenvalue weighted by Crippen LogP contribution is 2.44. The van der Waals surface area contributed by atoms with Gasteiger partial charge in [-0.15, -0.1) is 11.3 Å². The summed E-state index contributed by atoms with van der Waals surface area (Å²) >= 11 is 1.64. The van der Waals surface area contributed by atoms with Crippen LogP contribution in [0.3, 0.4) is 0 Å². The van der Waals surface area contributed by atoms with E-state index in [-0.39, 0.29) is 11.9 Å². The topological polar surface area (TPSA) is 59.8 Å². The minimum atomic E-state index is 0.0207. The van der Waals surface area contributed by atoms with Crippen molar-refractivity contribution in [2.75, 3.05) is 0 Å². The normalized spacial score (nSPS) is 17.2. The van der Waals surface area contributed by atoms with Gasteiger partial charge in [0.15, 0.2) is 5.65 Å². The smallest absolute Gasteiger partial charge is 0.252 e. The van der Waals surface area contributed by atoms with Crippen LogP contribution in [0.1, 0.15) is 55.9 Å². The van der Waals surface area contributed by atoms with Crippen LogP contribution in [0.25, 0.3) is 21.6 Å². The largest absolute Gasteiger partial charge is 0.349 e. The molecular formula is C21H24N4OS. The summed E-state index contributed by atoms with van der Waals surface area (Å²) < 4.78 is 1.91. The van der Waals surface area contributed by atoms with Crippen molar-refractivity contribution < 1.29 is 4.79 Å². The second-order valence-corrected chi connectivity index (χ2v) is 9.07. The van der Waals surface area contributed by atoms with Gasteiger partial charge >= 0.3 is 0 Å². The first-order chi connectivity index (χ1) is 13.1. The fourth-order valence-corrected chi connectivity index (χ4v) is 4.58. The number of carbonyl (C=O) groups is 1. The van der Waals surface area contributed by atoms with Gasteiger partial charge in [-0.1, -0.05) is 6.07 Å². The van der Waals surface area contributed by atoms with Gasteiger partial charge in [-0.05, 0) is 68.9 Å². The van der Waals surface area contributed by atoms with Crippen LogP contribution in [0.2, 0.25) is 0 Å². The third kappa shape index (κ3) is 3.16. The Hall–Kier alpha value is -2.21. The van der Waals surface area contributed by atoms with Crippen LogP contribution in [-0.4, -0.2) is 26.7 Å². The second-order valence-electron chi connectivity index (χ2n) is 8.13. The minimum absolute atomic E-state index is 0.0207. The molecule has 1 amide bonds. The van der Waals surface area contributed by atoms with Gasteiger partial charge in [-0.25, -0.2) is 9.67 Å². The molecule has 0 bridgehead atoms. The lowest BCUT2D eigenvalue weighted by Crippen LogP contribution is -2.38. The number of fused-ring (bicyclic) bond motifs is 1. The van der Waals surface area contributed by atoms with Crippen LogP contribution in [-0.2, 0) is 0 Å². The fourth-order valence-electron chi connectivity index (χ4n) is 3.89. The van der Waals surface area contributed by atoms with Crippen LogP contribution in [0.5, 0.6) is 0 Å². The van der Waals surface area contributed by atoms with Crippen molar-refractivity contribution in [1.82, 2.24) is 20.1 Å². The van der Waals surface area contributed by atoms with E-state index in [0.717, 1.165) is 21.6 Å². The number of aromatic nitrogens is 3. The van der Waals surface area contributed by atoms with Crippen molar-refractivity contribution in [1.29, 1.82) is 0 Å². The lowest BCUT2D eigenvalue weighted by Gasteiger charge is -2.18. The van der Waals surface area contributed by atoms with Gasteiger partial charge in [0.05, 0.1) is 27.7 Å². The number of rotatable bonds is 6. The minimum Gasteiger partial charge on any atom is -0.349 e. The molecule has 0 atom stereocenters. The first-order valence-electron chi connectivity index (χ1n) is 9.85. The third-order valence-corrected chi connectivity index (χ3v) is 6.52. The zero-order valence-corrected chi connectivity index (χ0v) is 16.5. The summed E-state index contributed by atoms with van der Waals surface area (Å²) in [6, 6.07) is 6.53. The van der Waals surface area contributed by atoms with E-state index in [0.29, 0.717) is 23.4 Å². The molecule has 0 unspecified atom stereocenters. The predicted molar refractivity (Wildman–Crippen MR) is 108 cm³/mol. The van der Waals surface area contributed by atoms with E-state index in [1.807, 2.05) is 28.3 Å². The number of thiophene rings is 1. The summed E-state index contributed by atoms with van der Waals surface area (Å²) in [5.74, 6) is 1.37. The van der Waals surface area contributed by atoms with E-state index in [2.05, 4.69) is 24.3 Å². The molecule has 5 rings (SSSR count). The van der Waals surface area contributed by atoms with E-state index >= 15 is 0 Å². The molecule has 3 aromatic rings. The number of carbonyl (C=O) groups excluding carboxylic acids is 1. The molecule has 0 saturated heterocycles. The number of hydrogen-bond donors (Lipinski definition) is 1. The maximum atomic E-state index is 13.3. The molecule has 0 aliphatic heterocycles. The summed E-state index contributed by atoms with van der Waals surface area (Å²) in [6.07, 6.45) is 6.79. The van der Waals surface area contributed by atoms with E-state index in [4.69, 9.17) is 4.98 Å². The molecule has 0 aromatic carbocycles. The van der Waals surface area contributed by atoms with E-state index in [1.165, 1.54) is 25.7 Å². The second kappa shape index (κ2) is 6.44. The molecule has 27 heavy (non-hydrogen) atoms. The molecule has 140 valence electrons. The summed E-state index contributed by atoms with van der Waals surface area (Å²) in [7, 11) is 0. The number of hydrogen-bond acceptors (Lipinski definition) is 4. The first-order valence-corrected chi connectivity index (χ1v) is 10.7. The molecular weight excluding hydrogens is 356 g/mol. The quantitative estimate of drug-likeness (QED) is 0.677. The summed E-state index contributed by atoms with van der Waals surface area (Å²) in [5, 5.41) is 10.8. The zero-order chi connectivity index (χ0) is 18.5. The van der Waals surface area contributed by atoms with Gasteiger partial charge in [-0.3, -0.25) is 4.79 Å². The van der Waals surface area contributed by atoms with E-state index < -0.39 is 0 Å². The summed E-state index contributed by atoms with van der Waals surface area (Å²) in [5.41, 5.74) is 2.33. The average Bonchev–Trinajstić information content (AvgIpc) is 3.57. The molecule has 2 fully saturated rings. The van der Waals surface area contributed by atoms with Gasteiger partial charge < -0.3 is 5.32 Å². The molecule has 3 aromatic heterocycles. The molecule has 2 saturated carbocycles. The Balaban J connectivity index is 1.58. The van der Waals surface area contributed by atoms with Crippen LogP contribution in [0, 0.1) is 11.8 Å². The van der Waals surface area contributed by atoms with Crippen LogP contribution >= 0.6 is 11.3 Å². The molecule has 2 aliphatic carbocycles. The first kappa shape index (κ1) is 16.9. The predicted octanol–water partition coefficient (Wildman–Crippen LogP) is 4.66. The molecule has 1 N–H and O–H groups in total. The Bertz CT molecular complexity index is 971. The lowest BCUT2D eigenvalue weighted by molar-refractivity contribution is 0.0928. The van der Waals surface area contributed by atoms with Crippen molar-refractivity contribution in [2.45, 2.75) is 51.6 Å². The highest BCUT2D eigenvalue weighted by Gasteiger charge is 2.42. The number of amides is 1. The van der Waals surface area contributed by atoms with E-state index in [9.17, 15) is 4.79 Å². The Labute approximate surface area is 162 Å². The van der Waals surface area contributed by atoms with E-state index in [1.54, 1.807) is 17.5 Å². The monoisotopic (exact) mass is 380 g/mol. The SMILES string of the molecule is CC(C)n1ncc2c(C(=O)NC(C3CC3)C3CC3)cc(-c3cccs3)nc21. The van der Waals surface area contributed by atoms with Gasteiger partial charge in [0, 0.05) is 12.1 Å². The average molecular weight is 381 g/mol. The lowest BCUT2D eigenvalue weighted by atomic mass is 10.1. The van der Waals surface area contributed by atoms with Crippen molar-refractivity contribution in [2.24, 2.45) is 11.8 Å². The molecule has 3 heterocycles. The maximum absolute atomic E-state index is 13.3. The number of pyridine rings is 1. The number of nitrogens with one attached hydrogen (secondary N) is 1. The standard InChI is InChI=1S/C21H24N4OS/c1-12(2)25-20-16(11-22-25)15(10-17(23-20)18-4-3-9-27-18)21(26)24-19(13-5-6-13)14-7-8-14/h3-4,9-14,19H,5-8H2,1-2H3,(H,24,26). The highest BCUT2D eigenvalue weighted by atomic mass is 32.1. The van der Waals surface area contributed by atoms with Crippen LogP contribution in [0.4, 0.5) is 0 Å². The molecule has 0 spiro atoms. The molecule has 6 heteroatoms. The van der Waals surface area contributed by atoms with Crippen molar-refractivity contribution >= 4 is 28.3 Å². The Kier molecular flexibility index (Phi) is 4.04. The summed E-state index contributed by atoms with van der Waals surface area (Å²) in [6.45, 7) is 4.17. The number of nitrogens with zero attached hydrogens (tertiary/aromatic N) is 3. The van der Waals surface area contributed by atoms with Crippen molar-refractivity contribution in [3.8, 4) is 10.6 Å². The third-order valence-electron chi connectivity index (χ3n) is 5.63. The summed E-state index contributed by atoms with van der Waals surface area (Å²) in [4.78, 5) is 19.2. The Morgan fingerprint density at radius 3 is 2.59 bits per heavy atom. The van der Waals surface area contributed by atoms with Gasteiger partial charge in [0.25, 0.3) is 5.91 Å². The van der Waals surface area contributed by atoms with Crippen LogP contribution in [0.15, 0.2) is 29.8 Å². The fraction of sp³-hybridized carbons (Fsp3) is 0.476. The van der Waals surface area contributed by atoms with Gasteiger partial charge in [0.2, 0.25) is 0 Å². The highest BCUT2D eigenvalue weighted by molar-refractivity contribution is 7.13. The van der Waals surface area contributed by atoms with Gasteiger partial charge in [0.1, 0.15) is 0 Å². The maximum Gasteiger partial charge on any atom is 0.252 e.